The van der Waals surface area contributed by atoms with Crippen LogP contribution < -0.4 is 15.1 Å². The summed E-state index contributed by atoms with van der Waals surface area (Å²) in [6.07, 6.45) is 0. The van der Waals surface area contributed by atoms with Crippen molar-refractivity contribution in [2.24, 2.45) is 0 Å². The highest BCUT2D eigenvalue weighted by Crippen LogP contribution is 2.19. The van der Waals surface area contributed by atoms with Crippen LogP contribution in [0.25, 0.3) is 0 Å². The van der Waals surface area contributed by atoms with Gasteiger partial charge in [0.1, 0.15) is 0 Å². The first-order valence-electron chi connectivity index (χ1n) is 10.1. The molecule has 0 aromatic heterocycles. The van der Waals surface area contributed by atoms with E-state index in [2.05, 4.69) is 36.2 Å². The van der Waals surface area contributed by atoms with Crippen molar-refractivity contribution in [1.82, 2.24) is 0 Å². The molecule has 1 amide bonds. The molecule has 7 heteroatoms. The Labute approximate surface area is 171 Å². The van der Waals surface area contributed by atoms with Gasteiger partial charge >= 0.3 is 0 Å². The van der Waals surface area contributed by atoms with E-state index in [0.29, 0.717) is 5.92 Å². The largest absolute Gasteiger partial charge is 0.360 e. The third-order valence-electron chi connectivity index (χ3n) is 5.68. The van der Waals surface area contributed by atoms with Gasteiger partial charge in [0.2, 0.25) is 0 Å². The van der Waals surface area contributed by atoms with Crippen molar-refractivity contribution in [1.29, 1.82) is 0 Å². The number of hydrogen-bond donors (Lipinski definition) is 2. The minimum Gasteiger partial charge on any atom is -0.360 e. The molecular weight excluding hydrogens is 368 g/mol. The van der Waals surface area contributed by atoms with E-state index in [-0.39, 0.29) is 22.6 Å². The molecule has 1 fully saturated rings. The molecule has 1 aliphatic heterocycles. The molecule has 2 N–H and O–H groups in total. The number of benzene rings is 2. The number of nitro groups is 1. The lowest BCUT2D eigenvalue weighted by atomic mass is 10.0. The van der Waals surface area contributed by atoms with Gasteiger partial charge in [-0.25, -0.2) is 0 Å². The van der Waals surface area contributed by atoms with Gasteiger partial charge in [-0.3, -0.25) is 14.9 Å². The van der Waals surface area contributed by atoms with Crippen LogP contribution >= 0.6 is 0 Å². The average Bonchev–Trinajstić information content (AvgIpc) is 2.73. The molecule has 3 rings (SSSR count). The van der Waals surface area contributed by atoms with Crippen molar-refractivity contribution < 1.29 is 14.6 Å². The van der Waals surface area contributed by atoms with Gasteiger partial charge in [0.15, 0.2) is 6.04 Å². The highest BCUT2D eigenvalue weighted by Gasteiger charge is 2.29. The standard InChI is InChI=1S/C22H28N4O3/c1-16(2)18-4-6-19(7-5-18)23-22(27)17(3)24-12-14-25(15-13-24)20-8-10-21(11-9-20)26(28)29/h4-11,16-17H,12-15H2,1-3H3,(H,23,27)/p+1/t17-/m1/s1. The van der Waals surface area contributed by atoms with Gasteiger partial charge < -0.3 is 15.1 Å². The normalized spacial score (nSPS) is 15.9. The Balaban J connectivity index is 1.53. The van der Waals surface area contributed by atoms with Crippen LogP contribution in [0.1, 0.15) is 32.3 Å². The molecule has 0 radical (unpaired) electrons. The second-order valence-electron chi connectivity index (χ2n) is 7.91. The molecule has 1 atom stereocenters. The number of carbonyl (C=O) groups is 1. The zero-order valence-electron chi connectivity index (χ0n) is 17.2. The van der Waals surface area contributed by atoms with Crippen LogP contribution in [0.5, 0.6) is 0 Å². The van der Waals surface area contributed by atoms with Crippen LogP contribution in [-0.2, 0) is 4.79 Å². The molecule has 29 heavy (non-hydrogen) atoms. The van der Waals surface area contributed by atoms with E-state index in [1.807, 2.05) is 19.1 Å². The number of nitro benzene ring substituents is 1. The first-order valence-corrected chi connectivity index (χ1v) is 10.1. The fraction of sp³-hybridized carbons (Fsp3) is 0.409. The maximum atomic E-state index is 12.7. The van der Waals surface area contributed by atoms with Crippen LogP contribution in [-0.4, -0.2) is 43.1 Å². The number of nitrogens with one attached hydrogen (secondary N) is 2. The summed E-state index contributed by atoms with van der Waals surface area (Å²) in [4.78, 5) is 26.5. The Morgan fingerprint density at radius 1 is 1.03 bits per heavy atom. The van der Waals surface area contributed by atoms with Gasteiger partial charge in [0.25, 0.3) is 11.6 Å². The number of piperazine rings is 1. The molecule has 1 saturated heterocycles. The highest BCUT2D eigenvalue weighted by molar-refractivity contribution is 5.93. The Morgan fingerprint density at radius 3 is 2.14 bits per heavy atom. The minimum atomic E-state index is -0.386. The summed E-state index contributed by atoms with van der Waals surface area (Å²) in [5.74, 6) is 0.497. The second-order valence-corrected chi connectivity index (χ2v) is 7.91. The molecule has 7 nitrogen and oxygen atoms in total. The number of amides is 1. The van der Waals surface area contributed by atoms with Crippen LogP contribution in [0.3, 0.4) is 0 Å². The van der Waals surface area contributed by atoms with Gasteiger partial charge in [-0.1, -0.05) is 26.0 Å². The number of nitrogens with zero attached hydrogens (tertiary/aromatic N) is 2. The van der Waals surface area contributed by atoms with E-state index in [1.54, 1.807) is 12.1 Å². The Kier molecular flexibility index (Phi) is 6.49. The lowest BCUT2D eigenvalue weighted by molar-refractivity contribution is -0.914. The third-order valence-corrected chi connectivity index (χ3v) is 5.68. The van der Waals surface area contributed by atoms with Crippen molar-refractivity contribution in [3.8, 4) is 0 Å². The molecule has 2 aromatic rings. The van der Waals surface area contributed by atoms with Crippen molar-refractivity contribution in [3.05, 3.63) is 64.2 Å². The van der Waals surface area contributed by atoms with Gasteiger partial charge in [0.05, 0.1) is 31.1 Å². The zero-order chi connectivity index (χ0) is 21.0. The lowest BCUT2D eigenvalue weighted by Crippen LogP contribution is -3.19. The number of carbonyl (C=O) groups excluding carboxylic acids is 1. The smallest absolute Gasteiger partial charge is 0.282 e. The van der Waals surface area contributed by atoms with Gasteiger partial charge in [0, 0.05) is 23.5 Å². The summed E-state index contributed by atoms with van der Waals surface area (Å²) in [6, 6.07) is 14.6. The summed E-state index contributed by atoms with van der Waals surface area (Å²) < 4.78 is 0. The van der Waals surface area contributed by atoms with Crippen LogP contribution in [0.15, 0.2) is 48.5 Å². The number of hydrogen-bond acceptors (Lipinski definition) is 4. The fourth-order valence-electron chi connectivity index (χ4n) is 3.66. The van der Waals surface area contributed by atoms with Crippen LogP contribution in [0, 0.1) is 10.1 Å². The number of quaternary nitrogens is 1. The Morgan fingerprint density at radius 2 is 1.62 bits per heavy atom. The molecule has 1 aliphatic rings. The molecule has 1 heterocycles. The monoisotopic (exact) mass is 397 g/mol. The maximum Gasteiger partial charge on any atom is 0.282 e. The molecule has 0 bridgehead atoms. The first kappa shape index (κ1) is 20.8. The molecule has 154 valence electrons. The molecule has 0 spiro atoms. The average molecular weight is 397 g/mol. The zero-order valence-corrected chi connectivity index (χ0v) is 17.2. The second kappa shape index (κ2) is 9.05. The lowest BCUT2D eigenvalue weighted by Gasteiger charge is -2.36. The number of rotatable bonds is 6. The van der Waals surface area contributed by atoms with Crippen molar-refractivity contribution in [3.63, 3.8) is 0 Å². The molecular formula is C22H29N4O3+. The Hall–Kier alpha value is -2.93. The van der Waals surface area contributed by atoms with E-state index in [1.165, 1.54) is 22.6 Å². The van der Waals surface area contributed by atoms with E-state index < -0.39 is 0 Å². The van der Waals surface area contributed by atoms with Crippen molar-refractivity contribution in [2.45, 2.75) is 32.7 Å². The number of anilines is 2. The fourth-order valence-corrected chi connectivity index (χ4v) is 3.66. The predicted octanol–water partition coefficient (Wildman–Crippen LogP) is 2.45. The summed E-state index contributed by atoms with van der Waals surface area (Å²) in [6.45, 7) is 9.58. The number of non-ortho nitro benzene ring substituents is 1. The SMILES string of the molecule is CC(C)c1ccc(NC(=O)[C@@H](C)[NH+]2CCN(c3ccc([N+](=O)[O-])cc3)CC2)cc1. The van der Waals surface area contributed by atoms with Gasteiger partial charge in [-0.2, -0.15) is 0 Å². The first-order chi connectivity index (χ1) is 13.8. The van der Waals surface area contributed by atoms with Gasteiger partial charge in [-0.05, 0) is 42.7 Å². The summed E-state index contributed by atoms with van der Waals surface area (Å²) in [7, 11) is 0. The summed E-state index contributed by atoms with van der Waals surface area (Å²) in [5, 5.41) is 13.8. The van der Waals surface area contributed by atoms with Crippen LogP contribution in [0.2, 0.25) is 0 Å². The quantitative estimate of drug-likeness (QED) is 0.580. The predicted molar refractivity (Wildman–Crippen MR) is 115 cm³/mol. The summed E-state index contributed by atoms with van der Waals surface area (Å²) >= 11 is 0. The van der Waals surface area contributed by atoms with E-state index in [9.17, 15) is 14.9 Å². The van der Waals surface area contributed by atoms with E-state index in [4.69, 9.17) is 0 Å². The highest BCUT2D eigenvalue weighted by atomic mass is 16.6. The molecule has 0 saturated carbocycles. The Bertz CT molecular complexity index is 841. The van der Waals surface area contributed by atoms with Crippen molar-refractivity contribution in [2.75, 3.05) is 36.4 Å². The topological polar surface area (TPSA) is 79.9 Å². The van der Waals surface area contributed by atoms with Crippen molar-refractivity contribution >= 4 is 23.0 Å². The minimum absolute atomic E-state index is 0.0288. The molecule has 0 aliphatic carbocycles. The maximum absolute atomic E-state index is 12.7. The summed E-state index contributed by atoms with van der Waals surface area (Å²) in [5.41, 5.74) is 3.17. The van der Waals surface area contributed by atoms with E-state index >= 15 is 0 Å². The third kappa shape index (κ3) is 5.12. The molecule has 2 aromatic carbocycles. The van der Waals surface area contributed by atoms with Crippen LogP contribution in [0.4, 0.5) is 17.1 Å². The van der Waals surface area contributed by atoms with E-state index in [0.717, 1.165) is 37.6 Å². The molecule has 0 unspecified atom stereocenters. The van der Waals surface area contributed by atoms with Gasteiger partial charge in [-0.15, -0.1) is 0 Å².